The largest absolute Gasteiger partial charge is 0.358 e. The number of hydrogen-bond donors (Lipinski definition) is 5. The maximum Gasteiger partial charge on any atom is 0.265 e. The predicted molar refractivity (Wildman–Crippen MR) is 92.6 cm³/mol. The van der Waals surface area contributed by atoms with E-state index in [0.29, 0.717) is 18.4 Å². The molecule has 7 N–H and O–H groups in total. The van der Waals surface area contributed by atoms with Gasteiger partial charge in [-0.1, -0.05) is 0 Å². The molecule has 8 heteroatoms. The molecule has 8 nitrogen and oxygen atoms in total. The third-order valence-corrected chi connectivity index (χ3v) is 3.85. The first-order valence-electron chi connectivity index (χ1n) is 7.74. The Balaban J connectivity index is 2.35. The number of benzene rings is 1. The maximum atomic E-state index is 11.8. The Labute approximate surface area is 140 Å². The number of carbonyl (C=O) groups is 2. The molecule has 0 radical (unpaired) electrons. The number of amides is 2. The summed E-state index contributed by atoms with van der Waals surface area (Å²) in [5, 5.41) is 0.989. The number of nitrogens with one attached hydrogen (secondary N) is 3. The summed E-state index contributed by atoms with van der Waals surface area (Å²) < 4.78 is 0. The first-order chi connectivity index (χ1) is 11.5. The fourth-order valence-corrected chi connectivity index (χ4v) is 2.74. The monoisotopic (exact) mass is 332 g/mol. The predicted octanol–water partition coefficient (Wildman–Crippen LogP) is 0.146. The molecule has 24 heavy (non-hydrogen) atoms. The number of fused-ring (bicyclic) bond motifs is 1. The van der Waals surface area contributed by atoms with Gasteiger partial charge in [-0.15, -0.1) is 0 Å². The molecular formula is C16H24N6O2. The highest BCUT2D eigenvalue weighted by Crippen LogP contribution is 2.26. The van der Waals surface area contributed by atoms with E-state index in [1.165, 1.54) is 0 Å². The first kappa shape index (κ1) is 17.9. The molecule has 0 spiro atoms. The van der Waals surface area contributed by atoms with Gasteiger partial charge in [-0.3, -0.25) is 20.4 Å². The number of nitrogens with zero attached hydrogens (tertiary/aromatic N) is 1. The number of nitrogens with two attached hydrogens (primary N) is 2. The Morgan fingerprint density at radius 1 is 1.21 bits per heavy atom. The number of aromatic nitrogens is 1. The van der Waals surface area contributed by atoms with Gasteiger partial charge >= 0.3 is 0 Å². The number of aromatic amines is 1. The number of hydrazine groups is 2. The summed E-state index contributed by atoms with van der Waals surface area (Å²) in [5.41, 5.74) is 7.94. The van der Waals surface area contributed by atoms with Crippen LogP contribution in [0.2, 0.25) is 0 Å². The van der Waals surface area contributed by atoms with Gasteiger partial charge in [-0.05, 0) is 50.7 Å². The molecule has 1 heterocycles. The molecule has 0 atom stereocenters. The summed E-state index contributed by atoms with van der Waals surface area (Å²) in [7, 11) is 3.97. The Kier molecular flexibility index (Phi) is 5.91. The molecule has 0 fully saturated rings. The molecule has 0 saturated carbocycles. The lowest BCUT2D eigenvalue weighted by Gasteiger charge is -2.11. The van der Waals surface area contributed by atoms with Crippen LogP contribution in [-0.4, -0.2) is 35.8 Å². The number of H-pyrrole nitrogens is 1. The number of rotatable bonds is 7. The van der Waals surface area contributed by atoms with Gasteiger partial charge in [-0.2, -0.15) is 0 Å². The topological polar surface area (TPSA) is 129 Å². The van der Waals surface area contributed by atoms with Crippen LogP contribution in [-0.2, 0) is 17.8 Å². The van der Waals surface area contributed by atoms with E-state index in [9.17, 15) is 9.59 Å². The van der Waals surface area contributed by atoms with Gasteiger partial charge in [0.05, 0.1) is 0 Å². The highest BCUT2D eigenvalue weighted by atomic mass is 16.2. The maximum absolute atomic E-state index is 11.8. The molecule has 0 aliphatic heterocycles. The van der Waals surface area contributed by atoms with Gasteiger partial charge < -0.3 is 9.88 Å². The smallest absolute Gasteiger partial charge is 0.265 e. The average Bonchev–Trinajstić information content (AvgIpc) is 2.90. The lowest BCUT2D eigenvalue weighted by molar-refractivity contribution is -0.121. The van der Waals surface area contributed by atoms with Gasteiger partial charge in [0.15, 0.2) is 0 Å². The van der Waals surface area contributed by atoms with Crippen LogP contribution in [0.15, 0.2) is 18.2 Å². The SMILES string of the molecule is CN(C)Cc1c(CCCC(=O)NN)[nH]c2ccc(C(=O)NN)cc12. The first-order valence-corrected chi connectivity index (χ1v) is 7.74. The van der Waals surface area contributed by atoms with Crippen molar-refractivity contribution in [3.05, 3.63) is 35.0 Å². The van der Waals surface area contributed by atoms with Gasteiger partial charge in [0.25, 0.3) is 5.91 Å². The zero-order valence-electron chi connectivity index (χ0n) is 14.0. The lowest BCUT2D eigenvalue weighted by Crippen LogP contribution is -2.29. The third-order valence-electron chi connectivity index (χ3n) is 3.85. The molecule has 2 amide bonds. The molecule has 1 aromatic heterocycles. The van der Waals surface area contributed by atoms with Crippen LogP contribution in [0.4, 0.5) is 0 Å². The second kappa shape index (κ2) is 7.91. The van der Waals surface area contributed by atoms with Crippen molar-refractivity contribution in [1.29, 1.82) is 0 Å². The molecule has 1 aromatic carbocycles. The van der Waals surface area contributed by atoms with Crippen molar-refractivity contribution in [3.63, 3.8) is 0 Å². The summed E-state index contributed by atoms with van der Waals surface area (Å²) in [4.78, 5) is 28.5. The zero-order valence-corrected chi connectivity index (χ0v) is 14.0. The van der Waals surface area contributed by atoms with Crippen LogP contribution in [0.25, 0.3) is 10.9 Å². The number of carbonyl (C=O) groups excluding carboxylic acids is 2. The van der Waals surface area contributed by atoms with E-state index in [0.717, 1.165) is 35.1 Å². The molecule has 2 rings (SSSR count). The Morgan fingerprint density at radius 3 is 2.58 bits per heavy atom. The Bertz CT molecular complexity index is 737. The minimum Gasteiger partial charge on any atom is -0.358 e. The zero-order chi connectivity index (χ0) is 17.7. The number of hydrogen-bond acceptors (Lipinski definition) is 5. The van der Waals surface area contributed by atoms with E-state index >= 15 is 0 Å². The van der Waals surface area contributed by atoms with Crippen molar-refractivity contribution in [3.8, 4) is 0 Å². The van der Waals surface area contributed by atoms with E-state index in [1.54, 1.807) is 6.07 Å². The fraction of sp³-hybridized carbons (Fsp3) is 0.375. The minimum atomic E-state index is -0.324. The van der Waals surface area contributed by atoms with Crippen molar-refractivity contribution in [2.24, 2.45) is 11.7 Å². The van der Waals surface area contributed by atoms with E-state index in [2.05, 4.69) is 20.7 Å². The number of nitrogen functional groups attached to an aromatic ring is 1. The second-order valence-electron chi connectivity index (χ2n) is 5.97. The summed E-state index contributed by atoms with van der Waals surface area (Å²) in [5.74, 6) is 9.82. The van der Waals surface area contributed by atoms with Gasteiger partial charge in [0, 0.05) is 35.1 Å². The molecule has 0 unspecified atom stereocenters. The molecule has 0 bridgehead atoms. The van der Waals surface area contributed by atoms with Crippen molar-refractivity contribution in [2.45, 2.75) is 25.8 Å². The van der Waals surface area contributed by atoms with Crippen molar-refractivity contribution >= 4 is 22.7 Å². The average molecular weight is 332 g/mol. The van der Waals surface area contributed by atoms with Crippen LogP contribution in [0, 0.1) is 0 Å². The van der Waals surface area contributed by atoms with Crippen LogP contribution in [0.1, 0.15) is 34.5 Å². The van der Waals surface area contributed by atoms with Crippen LogP contribution < -0.4 is 22.5 Å². The van der Waals surface area contributed by atoms with Gasteiger partial charge in [0.2, 0.25) is 5.91 Å². The van der Waals surface area contributed by atoms with E-state index in [1.807, 2.05) is 26.2 Å². The van der Waals surface area contributed by atoms with Crippen molar-refractivity contribution in [1.82, 2.24) is 20.7 Å². The van der Waals surface area contributed by atoms with Crippen molar-refractivity contribution < 1.29 is 9.59 Å². The second-order valence-corrected chi connectivity index (χ2v) is 5.97. The molecule has 130 valence electrons. The van der Waals surface area contributed by atoms with E-state index in [4.69, 9.17) is 11.7 Å². The van der Waals surface area contributed by atoms with Crippen LogP contribution in [0.5, 0.6) is 0 Å². The highest BCUT2D eigenvalue weighted by molar-refractivity contribution is 5.98. The van der Waals surface area contributed by atoms with Crippen molar-refractivity contribution in [2.75, 3.05) is 14.1 Å². The summed E-state index contributed by atoms with van der Waals surface area (Å²) >= 11 is 0. The van der Waals surface area contributed by atoms with Crippen LogP contribution >= 0.6 is 0 Å². The molecule has 0 aliphatic carbocycles. The molecule has 0 saturated heterocycles. The van der Waals surface area contributed by atoms with E-state index < -0.39 is 0 Å². The van der Waals surface area contributed by atoms with Crippen LogP contribution in [0.3, 0.4) is 0 Å². The quantitative estimate of drug-likeness (QED) is 0.280. The molecule has 2 aromatic rings. The normalized spacial score (nSPS) is 11.0. The fourth-order valence-electron chi connectivity index (χ4n) is 2.74. The summed E-state index contributed by atoms with van der Waals surface area (Å²) in [6.45, 7) is 0.728. The summed E-state index contributed by atoms with van der Waals surface area (Å²) in [6, 6.07) is 5.43. The molecule has 0 aliphatic rings. The van der Waals surface area contributed by atoms with E-state index in [-0.39, 0.29) is 11.8 Å². The van der Waals surface area contributed by atoms with Gasteiger partial charge in [-0.25, -0.2) is 11.7 Å². The highest BCUT2D eigenvalue weighted by Gasteiger charge is 2.15. The Hall–Kier alpha value is -2.42. The molecular weight excluding hydrogens is 308 g/mol. The minimum absolute atomic E-state index is 0.179. The van der Waals surface area contributed by atoms with Gasteiger partial charge in [0.1, 0.15) is 0 Å². The standard InChI is InChI=1S/C16H24N6O2/c1-22(2)9-12-11-8-10(16(24)21-18)6-7-14(11)19-13(12)4-3-5-15(23)20-17/h6-8,19H,3-5,9,17-18H2,1-2H3,(H,20,23)(H,21,24). The lowest BCUT2D eigenvalue weighted by atomic mass is 10.0. The third kappa shape index (κ3) is 4.10. The number of aryl methyl sites for hydroxylation is 1. The summed E-state index contributed by atoms with van der Waals surface area (Å²) in [6.07, 6.45) is 1.78. The Morgan fingerprint density at radius 2 is 1.96 bits per heavy atom.